The van der Waals surface area contributed by atoms with Crippen LogP contribution in [-0.4, -0.2) is 0 Å². The van der Waals surface area contributed by atoms with Crippen LogP contribution >= 0.6 is 0 Å². The van der Waals surface area contributed by atoms with Crippen molar-refractivity contribution in [1.82, 2.24) is 0 Å². The Morgan fingerprint density at radius 3 is 1.27 bits per heavy atom. The lowest BCUT2D eigenvalue weighted by molar-refractivity contribution is 1.60. The van der Waals surface area contributed by atoms with Crippen LogP contribution in [0.1, 0.15) is 7.43 Å². The van der Waals surface area contributed by atoms with Gasteiger partial charge in [-0.3, -0.25) is 0 Å². The number of anilines is 2. The van der Waals surface area contributed by atoms with Crippen molar-refractivity contribution in [2.45, 2.75) is 7.43 Å². The van der Waals surface area contributed by atoms with Crippen molar-refractivity contribution in [2.24, 2.45) is 0 Å². The second kappa shape index (κ2) is 4.51. The van der Waals surface area contributed by atoms with Gasteiger partial charge in [0.2, 0.25) is 0 Å². The third kappa shape index (κ3) is 2.10. The van der Waals surface area contributed by atoms with Crippen molar-refractivity contribution in [3.63, 3.8) is 0 Å². The molecular weight excluding hydrogens is 184 g/mol. The third-order valence-electron chi connectivity index (χ3n) is 2.21. The minimum atomic E-state index is 0. The van der Waals surface area contributed by atoms with Gasteiger partial charge in [0.15, 0.2) is 0 Å². The lowest BCUT2D eigenvalue weighted by atomic mass is 10.0. The summed E-state index contributed by atoms with van der Waals surface area (Å²) in [5, 5.41) is 0. The standard InChI is InChI=1S/C12H12N2.CH4/c13-11-7-3-1-5-9(11)10-6-2-4-8-12(10)14;/h1-8H,13-14H2;1H4. The highest BCUT2D eigenvalue weighted by Crippen LogP contribution is 2.29. The van der Waals surface area contributed by atoms with Gasteiger partial charge < -0.3 is 11.5 Å². The van der Waals surface area contributed by atoms with Crippen LogP contribution < -0.4 is 11.5 Å². The molecule has 15 heavy (non-hydrogen) atoms. The second-order valence-corrected chi connectivity index (χ2v) is 3.17. The monoisotopic (exact) mass is 200 g/mol. The number of nitrogen functional groups attached to an aromatic ring is 2. The van der Waals surface area contributed by atoms with Crippen LogP contribution in [0.5, 0.6) is 0 Å². The highest BCUT2D eigenvalue weighted by atomic mass is 14.6. The summed E-state index contributed by atoms with van der Waals surface area (Å²) < 4.78 is 0. The van der Waals surface area contributed by atoms with Crippen molar-refractivity contribution in [1.29, 1.82) is 0 Å². The Labute approximate surface area is 90.5 Å². The maximum absolute atomic E-state index is 5.87. The van der Waals surface area contributed by atoms with E-state index in [9.17, 15) is 0 Å². The number of hydrogen-bond donors (Lipinski definition) is 2. The maximum atomic E-state index is 5.87. The van der Waals surface area contributed by atoms with Crippen LogP contribution in [0.2, 0.25) is 0 Å². The Balaban J connectivity index is 0.00000112. The highest BCUT2D eigenvalue weighted by Gasteiger charge is 2.03. The van der Waals surface area contributed by atoms with Gasteiger partial charge in [0.25, 0.3) is 0 Å². The topological polar surface area (TPSA) is 52.0 Å². The minimum Gasteiger partial charge on any atom is -0.398 e. The molecule has 0 aliphatic heterocycles. The van der Waals surface area contributed by atoms with Crippen molar-refractivity contribution < 1.29 is 0 Å². The van der Waals surface area contributed by atoms with Crippen molar-refractivity contribution in [2.75, 3.05) is 11.5 Å². The first-order chi connectivity index (χ1) is 6.79. The lowest BCUT2D eigenvalue weighted by Crippen LogP contribution is -1.93. The smallest absolute Gasteiger partial charge is 0.0394 e. The van der Waals surface area contributed by atoms with Crippen LogP contribution in [-0.2, 0) is 0 Å². The van der Waals surface area contributed by atoms with Crippen LogP contribution in [0.15, 0.2) is 48.5 Å². The zero-order valence-electron chi connectivity index (χ0n) is 7.77. The van der Waals surface area contributed by atoms with Crippen molar-refractivity contribution in [3.05, 3.63) is 48.5 Å². The molecule has 0 aromatic heterocycles. The number of benzene rings is 2. The van der Waals surface area contributed by atoms with E-state index in [0.29, 0.717) is 0 Å². The average molecular weight is 200 g/mol. The van der Waals surface area contributed by atoms with Gasteiger partial charge >= 0.3 is 0 Å². The third-order valence-corrected chi connectivity index (χ3v) is 2.21. The van der Waals surface area contributed by atoms with E-state index in [1.807, 2.05) is 48.5 Å². The van der Waals surface area contributed by atoms with E-state index in [-0.39, 0.29) is 7.43 Å². The van der Waals surface area contributed by atoms with Gasteiger partial charge in [-0.15, -0.1) is 0 Å². The molecule has 2 aromatic carbocycles. The molecule has 0 saturated carbocycles. The van der Waals surface area contributed by atoms with Crippen LogP contribution in [0, 0.1) is 0 Å². The number of hydrogen-bond acceptors (Lipinski definition) is 2. The molecule has 0 aliphatic carbocycles. The van der Waals surface area contributed by atoms with E-state index in [4.69, 9.17) is 11.5 Å². The molecule has 0 spiro atoms. The molecule has 2 aromatic rings. The molecule has 0 amide bonds. The summed E-state index contributed by atoms with van der Waals surface area (Å²) in [4.78, 5) is 0. The zero-order valence-corrected chi connectivity index (χ0v) is 7.77. The van der Waals surface area contributed by atoms with Gasteiger partial charge in [-0.05, 0) is 12.1 Å². The summed E-state index contributed by atoms with van der Waals surface area (Å²) in [5.74, 6) is 0. The van der Waals surface area contributed by atoms with E-state index in [1.165, 1.54) is 0 Å². The van der Waals surface area contributed by atoms with Crippen LogP contribution in [0.4, 0.5) is 11.4 Å². The summed E-state index contributed by atoms with van der Waals surface area (Å²) in [6, 6.07) is 15.4. The summed E-state index contributed by atoms with van der Waals surface area (Å²) in [5.41, 5.74) is 15.2. The van der Waals surface area contributed by atoms with Gasteiger partial charge in [-0.25, -0.2) is 0 Å². The van der Waals surface area contributed by atoms with Crippen molar-refractivity contribution >= 4 is 11.4 Å². The van der Waals surface area contributed by atoms with E-state index in [1.54, 1.807) is 0 Å². The molecule has 2 heteroatoms. The molecule has 0 unspecified atom stereocenters. The van der Waals surface area contributed by atoms with E-state index in [0.717, 1.165) is 22.5 Å². The van der Waals surface area contributed by atoms with Gasteiger partial charge in [0.05, 0.1) is 0 Å². The molecule has 0 saturated heterocycles. The predicted octanol–water partition coefficient (Wildman–Crippen LogP) is 3.15. The zero-order chi connectivity index (χ0) is 9.97. The van der Waals surface area contributed by atoms with Crippen LogP contribution in [0.3, 0.4) is 0 Å². The van der Waals surface area contributed by atoms with Crippen LogP contribution in [0.25, 0.3) is 11.1 Å². The fourth-order valence-corrected chi connectivity index (χ4v) is 1.48. The van der Waals surface area contributed by atoms with Gasteiger partial charge in [-0.2, -0.15) is 0 Å². The molecule has 0 fully saturated rings. The Kier molecular flexibility index (Phi) is 3.34. The van der Waals surface area contributed by atoms with Crippen molar-refractivity contribution in [3.8, 4) is 11.1 Å². The second-order valence-electron chi connectivity index (χ2n) is 3.17. The summed E-state index contributed by atoms with van der Waals surface area (Å²) >= 11 is 0. The Hall–Kier alpha value is -1.96. The molecule has 78 valence electrons. The SMILES string of the molecule is C.Nc1ccccc1-c1ccccc1N. The molecule has 2 rings (SSSR count). The molecule has 0 radical (unpaired) electrons. The first-order valence-corrected chi connectivity index (χ1v) is 4.48. The predicted molar refractivity (Wildman–Crippen MR) is 67.4 cm³/mol. The first kappa shape index (κ1) is 11.1. The minimum absolute atomic E-state index is 0. The summed E-state index contributed by atoms with van der Waals surface area (Å²) in [6.45, 7) is 0. The maximum Gasteiger partial charge on any atom is 0.0394 e. The number of rotatable bonds is 1. The molecule has 2 nitrogen and oxygen atoms in total. The van der Waals surface area contributed by atoms with E-state index in [2.05, 4.69) is 0 Å². The summed E-state index contributed by atoms with van der Waals surface area (Å²) in [7, 11) is 0. The van der Waals surface area contributed by atoms with E-state index >= 15 is 0 Å². The normalized spacial score (nSPS) is 9.33. The molecule has 4 N–H and O–H groups in total. The molecule has 0 heterocycles. The van der Waals surface area contributed by atoms with E-state index < -0.39 is 0 Å². The molecule has 0 atom stereocenters. The summed E-state index contributed by atoms with van der Waals surface area (Å²) in [6.07, 6.45) is 0. The highest BCUT2D eigenvalue weighted by molar-refractivity contribution is 5.83. The Bertz CT molecular complexity index is 406. The van der Waals surface area contributed by atoms with Gasteiger partial charge in [0, 0.05) is 22.5 Å². The van der Waals surface area contributed by atoms with Gasteiger partial charge in [0.1, 0.15) is 0 Å². The Morgan fingerprint density at radius 1 is 0.600 bits per heavy atom. The quantitative estimate of drug-likeness (QED) is 0.695. The van der Waals surface area contributed by atoms with Gasteiger partial charge in [-0.1, -0.05) is 43.8 Å². The average Bonchev–Trinajstić information content (AvgIpc) is 2.20. The molecule has 0 bridgehead atoms. The molecular formula is C13H16N2. The lowest BCUT2D eigenvalue weighted by Gasteiger charge is -2.07. The molecule has 0 aliphatic rings. The number of nitrogens with two attached hydrogens (primary N) is 2. The fraction of sp³-hybridized carbons (Fsp3) is 0.0769. The first-order valence-electron chi connectivity index (χ1n) is 4.48. The number of para-hydroxylation sites is 2. The largest absolute Gasteiger partial charge is 0.398 e. The Morgan fingerprint density at radius 2 is 0.933 bits per heavy atom. The fourth-order valence-electron chi connectivity index (χ4n) is 1.48.